The fourth-order valence-electron chi connectivity index (χ4n) is 1.60. The molecule has 1 aromatic carbocycles. The highest BCUT2D eigenvalue weighted by atomic mass is 16.6. The molecule has 0 aromatic heterocycles. The molecule has 1 atom stereocenters. The molecule has 0 fully saturated rings. The molecular formula is C12H18N4O4. The SMILES string of the molecule is CCOCC(C)NC(=O)c1cc([N+](=O)[O-])ccc1NN. The Bertz CT molecular complexity index is 492. The van der Waals surface area contributed by atoms with E-state index in [0.717, 1.165) is 0 Å². The third kappa shape index (κ3) is 4.18. The van der Waals surface area contributed by atoms with Crippen molar-refractivity contribution < 1.29 is 14.5 Å². The van der Waals surface area contributed by atoms with Gasteiger partial charge < -0.3 is 15.5 Å². The maximum Gasteiger partial charge on any atom is 0.270 e. The zero-order chi connectivity index (χ0) is 15.1. The largest absolute Gasteiger partial charge is 0.380 e. The molecule has 4 N–H and O–H groups in total. The minimum Gasteiger partial charge on any atom is -0.380 e. The topological polar surface area (TPSA) is 120 Å². The van der Waals surface area contributed by atoms with Gasteiger partial charge in [0.05, 0.1) is 22.8 Å². The van der Waals surface area contributed by atoms with Gasteiger partial charge >= 0.3 is 0 Å². The van der Waals surface area contributed by atoms with Crippen LogP contribution in [-0.4, -0.2) is 30.1 Å². The first kappa shape index (κ1) is 15.9. The van der Waals surface area contributed by atoms with Crippen LogP contribution in [0.1, 0.15) is 24.2 Å². The monoisotopic (exact) mass is 282 g/mol. The average molecular weight is 282 g/mol. The Morgan fingerprint density at radius 3 is 2.80 bits per heavy atom. The van der Waals surface area contributed by atoms with E-state index in [1.54, 1.807) is 6.92 Å². The predicted molar refractivity (Wildman–Crippen MR) is 74.3 cm³/mol. The van der Waals surface area contributed by atoms with Gasteiger partial charge in [-0.1, -0.05) is 0 Å². The lowest BCUT2D eigenvalue weighted by atomic mass is 10.1. The van der Waals surface area contributed by atoms with Gasteiger partial charge in [0.1, 0.15) is 0 Å². The first-order chi connectivity index (χ1) is 9.49. The molecule has 20 heavy (non-hydrogen) atoms. The van der Waals surface area contributed by atoms with E-state index < -0.39 is 10.8 Å². The van der Waals surface area contributed by atoms with Crippen LogP contribution >= 0.6 is 0 Å². The number of rotatable bonds is 7. The molecule has 1 unspecified atom stereocenters. The molecule has 0 radical (unpaired) electrons. The summed E-state index contributed by atoms with van der Waals surface area (Å²) in [5.74, 6) is 4.85. The summed E-state index contributed by atoms with van der Waals surface area (Å²) in [6.07, 6.45) is 0. The Hall–Kier alpha value is -2.19. The lowest BCUT2D eigenvalue weighted by molar-refractivity contribution is -0.384. The number of hydrogen-bond donors (Lipinski definition) is 3. The van der Waals surface area contributed by atoms with Gasteiger partial charge in [0.15, 0.2) is 0 Å². The van der Waals surface area contributed by atoms with Crippen LogP contribution in [0.25, 0.3) is 0 Å². The van der Waals surface area contributed by atoms with E-state index in [1.165, 1.54) is 18.2 Å². The molecule has 0 bridgehead atoms. The highest BCUT2D eigenvalue weighted by Gasteiger charge is 2.17. The summed E-state index contributed by atoms with van der Waals surface area (Å²) in [4.78, 5) is 22.3. The number of ether oxygens (including phenoxy) is 1. The number of nitrogen functional groups attached to an aromatic ring is 1. The van der Waals surface area contributed by atoms with Gasteiger partial charge in [0.2, 0.25) is 0 Å². The molecule has 0 aliphatic rings. The maximum atomic E-state index is 12.1. The number of amides is 1. The van der Waals surface area contributed by atoms with E-state index in [-0.39, 0.29) is 17.3 Å². The smallest absolute Gasteiger partial charge is 0.270 e. The minimum absolute atomic E-state index is 0.116. The van der Waals surface area contributed by atoms with Crippen LogP contribution in [0.15, 0.2) is 18.2 Å². The second-order valence-electron chi connectivity index (χ2n) is 4.17. The third-order valence-electron chi connectivity index (χ3n) is 2.56. The molecule has 0 spiro atoms. The fraction of sp³-hybridized carbons (Fsp3) is 0.417. The van der Waals surface area contributed by atoms with E-state index in [0.29, 0.717) is 18.9 Å². The molecule has 8 heteroatoms. The van der Waals surface area contributed by atoms with Crippen molar-refractivity contribution in [3.63, 3.8) is 0 Å². The van der Waals surface area contributed by atoms with Crippen LogP contribution in [0, 0.1) is 10.1 Å². The summed E-state index contributed by atoms with van der Waals surface area (Å²) in [5.41, 5.74) is 2.60. The van der Waals surface area contributed by atoms with Crippen LogP contribution in [0.4, 0.5) is 11.4 Å². The maximum absolute atomic E-state index is 12.1. The van der Waals surface area contributed by atoms with Gasteiger partial charge in [-0.05, 0) is 19.9 Å². The fourth-order valence-corrected chi connectivity index (χ4v) is 1.60. The summed E-state index contributed by atoms with van der Waals surface area (Å²) in [6, 6.07) is 3.63. The standard InChI is InChI=1S/C12H18N4O4/c1-3-20-7-8(2)14-12(17)10-6-9(16(18)19)4-5-11(10)15-13/h4-6,8,15H,3,7,13H2,1-2H3,(H,14,17). The number of non-ortho nitro benzene ring substituents is 1. The van der Waals surface area contributed by atoms with Gasteiger partial charge in [-0.3, -0.25) is 20.8 Å². The number of nitrogens with one attached hydrogen (secondary N) is 2. The molecule has 0 aliphatic carbocycles. The van der Waals surface area contributed by atoms with Gasteiger partial charge in [0, 0.05) is 24.8 Å². The van der Waals surface area contributed by atoms with E-state index in [2.05, 4.69) is 10.7 Å². The van der Waals surface area contributed by atoms with Crippen molar-refractivity contribution in [1.82, 2.24) is 5.32 Å². The van der Waals surface area contributed by atoms with Crippen LogP contribution in [0.3, 0.4) is 0 Å². The molecule has 110 valence electrons. The lowest BCUT2D eigenvalue weighted by Crippen LogP contribution is -2.36. The van der Waals surface area contributed by atoms with Crippen molar-refractivity contribution in [2.24, 2.45) is 5.84 Å². The van der Waals surface area contributed by atoms with E-state index in [9.17, 15) is 14.9 Å². The van der Waals surface area contributed by atoms with Gasteiger partial charge in [-0.15, -0.1) is 0 Å². The first-order valence-corrected chi connectivity index (χ1v) is 6.13. The Labute approximate surface area is 116 Å². The number of nitro benzene ring substituents is 1. The van der Waals surface area contributed by atoms with Gasteiger partial charge in [-0.25, -0.2) is 0 Å². The number of anilines is 1. The van der Waals surface area contributed by atoms with Crippen LogP contribution in [0.2, 0.25) is 0 Å². The number of hydrogen-bond acceptors (Lipinski definition) is 6. The molecule has 0 heterocycles. The van der Waals surface area contributed by atoms with Crippen molar-refractivity contribution >= 4 is 17.3 Å². The van der Waals surface area contributed by atoms with Crippen molar-refractivity contribution in [3.05, 3.63) is 33.9 Å². The molecular weight excluding hydrogens is 264 g/mol. The van der Waals surface area contributed by atoms with Crippen LogP contribution in [0.5, 0.6) is 0 Å². The third-order valence-corrected chi connectivity index (χ3v) is 2.56. The lowest BCUT2D eigenvalue weighted by Gasteiger charge is -2.15. The van der Waals surface area contributed by atoms with Crippen molar-refractivity contribution in [3.8, 4) is 0 Å². The first-order valence-electron chi connectivity index (χ1n) is 6.13. The number of hydrazine groups is 1. The van der Waals surface area contributed by atoms with Gasteiger partial charge in [0.25, 0.3) is 11.6 Å². The second kappa shape index (κ2) is 7.41. The number of benzene rings is 1. The molecule has 1 aromatic rings. The minimum atomic E-state index is -0.569. The van der Waals surface area contributed by atoms with Crippen molar-refractivity contribution in [2.75, 3.05) is 18.6 Å². The average Bonchev–Trinajstić information content (AvgIpc) is 2.44. The summed E-state index contributed by atoms with van der Waals surface area (Å²) >= 11 is 0. The Balaban J connectivity index is 2.89. The molecule has 0 saturated carbocycles. The highest BCUT2D eigenvalue weighted by Crippen LogP contribution is 2.21. The van der Waals surface area contributed by atoms with Crippen molar-refractivity contribution in [2.45, 2.75) is 19.9 Å². The predicted octanol–water partition coefficient (Wildman–Crippen LogP) is 1.04. The molecule has 1 amide bonds. The molecule has 8 nitrogen and oxygen atoms in total. The summed E-state index contributed by atoms with van der Waals surface area (Å²) < 4.78 is 5.19. The number of carbonyl (C=O) groups excluding carboxylic acids is 1. The van der Waals surface area contributed by atoms with Crippen LogP contribution < -0.4 is 16.6 Å². The highest BCUT2D eigenvalue weighted by molar-refractivity contribution is 6.00. The van der Waals surface area contributed by atoms with Gasteiger partial charge in [-0.2, -0.15) is 0 Å². The normalized spacial score (nSPS) is 11.8. The molecule has 0 saturated heterocycles. The Morgan fingerprint density at radius 2 is 2.25 bits per heavy atom. The Kier molecular flexibility index (Phi) is 5.88. The van der Waals surface area contributed by atoms with E-state index in [4.69, 9.17) is 10.6 Å². The Morgan fingerprint density at radius 1 is 1.55 bits per heavy atom. The zero-order valence-corrected chi connectivity index (χ0v) is 11.4. The molecule has 0 aliphatic heterocycles. The quantitative estimate of drug-likeness (QED) is 0.390. The number of nitrogens with two attached hydrogens (primary N) is 1. The summed E-state index contributed by atoms with van der Waals surface area (Å²) in [6.45, 7) is 4.54. The summed E-state index contributed by atoms with van der Waals surface area (Å²) in [7, 11) is 0. The van der Waals surface area contributed by atoms with Crippen LogP contribution in [-0.2, 0) is 4.74 Å². The second-order valence-corrected chi connectivity index (χ2v) is 4.17. The van der Waals surface area contributed by atoms with E-state index >= 15 is 0 Å². The zero-order valence-electron chi connectivity index (χ0n) is 11.4. The summed E-state index contributed by atoms with van der Waals surface area (Å²) in [5, 5.41) is 13.4. The van der Waals surface area contributed by atoms with E-state index in [1.807, 2.05) is 6.92 Å². The number of nitro groups is 1. The number of nitrogens with zero attached hydrogens (tertiary/aromatic N) is 1. The molecule has 1 rings (SSSR count). The van der Waals surface area contributed by atoms with Crippen molar-refractivity contribution in [1.29, 1.82) is 0 Å². The number of carbonyl (C=O) groups is 1.